The lowest BCUT2D eigenvalue weighted by atomic mass is 9.92. The highest BCUT2D eigenvalue weighted by Gasteiger charge is 2.27. The van der Waals surface area contributed by atoms with Crippen LogP contribution in [0.4, 0.5) is 5.82 Å². The Balaban J connectivity index is 1.64. The second kappa shape index (κ2) is 11.2. The van der Waals surface area contributed by atoms with Crippen LogP contribution in [0.2, 0.25) is 0 Å². The molecule has 1 aliphatic heterocycles. The third-order valence-corrected chi connectivity index (χ3v) is 7.12. The second-order valence-electron chi connectivity index (χ2n) is 10.2. The molecule has 0 radical (unpaired) electrons. The van der Waals surface area contributed by atoms with Gasteiger partial charge < -0.3 is 35.1 Å². The molecule has 1 aromatic carbocycles. The van der Waals surface area contributed by atoms with E-state index in [1.54, 1.807) is 0 Å². The number of aliphatic hydroxyl groups is 2. The van der Waals surface area contributed by atoms with E-state index in [9.17, 15) is 10.2 Å². The summed E-state index contributed by atoms with van der Waals surface area (Å²) in [5, 5.41) is 20.9. The average molecular weight is 485 g/mol. The predicted octanol–water partition coefficient (Wildman–Crippen LogP) is 1.87. The molecular formula is C26H40N6O3. The minimum absolute atomic E-state index is 0.146. The van der Waals surface area contributed by atoms with Crippen LogP contribution in [0.3, 0.4) is 0 Å². The normalized spacial score (nSPS) is 16.0. The Morgan fingerprint density at radius 3 is 2.54 bits per heavy atom. The monoisotopic (exact) mass is 484 g/mol. The van der Waals surface area contributed by atoms with Gasteiger partial charge in [0.1, 0.15) is 17.9 Å². The Bertz CT molecular complexity index is 1140. The number of pyridine rings is 1. The molecule has 1 saturated heterocycles. The summed E-state index contributed by atoms with van der Waals surface area (Å²) in [7, 11) is 2.18. The van der Waals surface area contributed by atoms with Crippen molar-refractivity contribution >= 4 is 27.8 Å². The number of aromatic nitrogens is 3. The summed E-state index contributed by atoms with van der Waals surface area (Å²) in [4.78, 5) is 14.4. The van der Waals surface area contributed by atoms with Crippen molar-refractivity contribution in [3.05, 3.63) is 29.6 Å². The quantitative estimate of drug-likeness (QED) is 0.378. The Morgan fingerprint density at radius 2 is 1.86 bits per heavy atom. The highest BCUT2D eigenvalue weighted by Crippen LogP contribution is 2.32. The number of aliphatic hydroxyl groups excluding tert-OH is 2. The molecule has 1 fully saturated rings. The number of nitrogens with two attached hydrogens (primary N) is 1. The largest absolute Gasteiger partial charge is 0.396 e. The molecule has 192 valence electrons. The van der Waals surface area contributed by atoms with E-state index in [2.05, 4.69) is 40.0 Å². The van der Waals surface area contributed by atoms with Crippen molar-refractivity contribution in [1.82, 2.24) is 24.3 Å². The van der Waals surface area contributed by atoms with Crippen LogP contribution in [0.25, 0.3) is 21.9 Å². The number of rotatable bonds is 11. The van der Waals surface area contributed by atoms with Gasteiger partial charge in [0.15, 0.2) is 5.82 Å². The van der Waals surface area contributed by atoms with Gasteiger partial charge in [-0.3, -0.25) is 0 Å². The van der Waals surface area contributed by atoms with Crippen molar-refractivity contribution in [1.29, 1.82) is 0 Å². The summed E-state index contributed by atoms with van der Waals surface area (Å²) in [5.41, 5.74) is 9.27. The van der Waals surface area contributed by atoms with E-state index in [1.807, 2.05) is 18.4 Å². The number of nitrogen functional groups attached to an aromatic ring is 1. The molecule has 0 atom stereocenters. The number of piperazine rings is 1. The van der Waals surface area contributed by atoms with Crippen molar-refractivity contribution in [2.45, 2.75) is 39.8 Å². The van der Waals surface area contributed by atoms with E-state index < -0.39 is 5.41 Å². The lowest BCUT2D eigenvalue weighted by Gasteiger charge is -2.32. The molecule has 0 amide bonds. The molecule has 2 aromatic heterocycles. The highest BCUT2D eigenvalue weighted by atomic mass is 16.5. The zero-order valence-electron chi connectivity index (χ0n) is 21.3. The summed E-state index contributed by atoms with van der Waals surface area (Å²) in [5.74, 6) is 1.10. The Hall–Kier alpha value is -2.30. The van der Waals surface area contributed by atoms with Gasteiger partial charge >= 0.3 is 0 Å². The zero-order chi connectivity index (χ0) is 25.0. The minimum atomic E-state index is -0.706. The summed E-state index contributed by atoms with van der Waals surface area (Å²) < 4.78 is 7.70. The molecule has 9 heteroatoms. The van der Waals surface area contributed by atoms with Crippen LogP contribution >= 0.6 is 0 Å². The number of hydrogen-bond acceptors (Lipinski definition) is 8. The molecule has 0 spiro atoms. The summed E-state index contributed by atoms with van der Waals surface area (Å²) in [6, 6.07) is 6.40. The first kappa shape index (κ1) is 25.8. The third-order valence-electron chi connectivity index (χ3n) is 7.12. The molecule has 3 aromatic rings. The molecule has 0 saturated carbocycles. The maximum Gasteiger partial charge on any atom is 0.152 e. The number of anilines is 1. The molecule has 9 nitrogen and oxygen atoms in total. The molecule has 3 heterocycles. The number of hydrogen-bond donors (Lipinski definition) is 3. The lowest BCUT2D eigenvalue weighted by molar-refractivity contribution is 0.0530. The van der Waals surface area contributed by atoms with Gasteiger partial charge in [-0.15, -0.1) is 0 Å². The van der Waals surface area contributed by atoms with Gasteiger partial charge in [0.2, 0.25) is 0 Å². The third kappa shape index (κ3) is 5.76. The van der Waals surface area contributed by atoms with Crippen LogP contribution in [-0.4, -0.2) is 94.1 Å². The van der Waals surface area contributed by atoms with Gasteiger partial charge in [0.05, 0.1) is 24.2 Å². The van der Waals surface area contributed by atoms with E-state index in [-0.39, 0.29) is 13.2 Å². The topological polar surface area (TPSA) is 113 Å². The van der Waals surface area contributed by atoms with Crippen molar-refractivity contribution in [2.75, 3.05) is 65.3 Å². The van der Waals surface area contributed by atoms with Crippen LogP contribution in [0.15, 0.2) is 18.2 Å². The second-order valence-corrected chi connectivity index (χ2v) is 10.2. The van der Waals surface area contributed by atoms with E-state index in [1.165, 1.54) is 5.56 Å². The SMILES string of the molecule is CCOCc1nc2c(N)nc3cc(CCCN4CCN(C)CC4)ccc3c2n1CC(C)(CO)CO. The molecule has 4 rings (SSSR count). The van der Waals surface area contributed by atoms with Crippen LogP contribution in [-0.2, 0) is 24.3 Å². The molecule has 0 aliphatic carbocycles. The number of fused-ring (bicyclic) bond motifs is 3. The number of imidazole rings is 1. The molecule has 35 heavy (non-hydrogen) atoms. The number of nitrogens with zero attached hydrogens (tertiary/aromatic N) is 5. The van der Waals surface area contributed by atoms with E-state index in [0.29, 0.717) is 36.9 Å². The van der Waals surface area contributed by atoms with Crippen molar-refractivity contribution in [2.24, 2.45) is 5.41 Å². The summed E-state index contributed by atoms with van der Waals surface area (Å²) in [6.45, 7) is 10.4. The fourth-order valence-corrected chi connectivity index (χ4v) is 4.74. The summed E-state index contributed by atoms with van der Waals surface area (Å²) in [6.07, 6.45) is 2.10. The molecule has 4 N–H and O–H groups in total. The van der Waals surface area contributed by atoms with Gasteiger partial charge in [-0.1, -0.05) is 19.1 Å². The molecule has 1 aliphatic rings. The van der Waals surface area contributed by atoms with Crippen molar-refractivity contribution < 1.29 is 14.9 Å². The van der Waals surface area contributed by atoms with Gasteiger partial charge in [0, 0.05) is 50.1 Å². The number of likely N-dealkylation sites (N-methyl/N-ethyl adjacent to an activating group) is 1. The standard InChI is InChI=1S/C26H40N6O3/c1-4-35-15-22-29-23-24(32(22)16-26(2,17-33)18-34)20-8-7-19(14-21(20)28-25(23)27)6-5-9-31-12-10-30(3)11-13-31/h7-8,14,33-34H,4-6,9-13,15-18H2,1-3H3,(H2,27,28). The van der Waals surface area contributed by atoms with Crippen LogP contribution < -0.4 is 5.73 Å². The predicted molar refractivity (Wildman–Crippen MR) is 139 cm³/mol. The molecular weight excluding hydrogens is 444 g/mol. The average Bonchev–Trinajstić information content (AvgIpc) is 3.22. The van der Waals surface area contributed by atoms with Gasteiger partial charge in [-0.2, -0.15) is 0 Å². The maximum atomic E-state index is 9.95. The van der Waals surface area contributed by atoms with Crippen LogP contribution in [0, 0.1) is 5.41 Å². The first-order valence-electron chi connectivity index (χ1n) is 12.6. The maximum absolute atomic E-state index is 9.95. The van der Waals surface area contributed by atoms with Gasteiger partial charge in [-0.05, 0) is 45.0 Å². The molecule has 0 unspecified atom stereocenters. The van der Waals surface area contributed by atoms with Gasteiger partial charge in [-0.25, -0.2) is 9.97 Å². The smallest absolute Gasteiger partial charge is 0.152 e. The number of benzene rings is 1. The first-order chi connectivity index (χ1) is 16.9. The van der Waals surface area contributed by atoms with Crippen LogP contribution in [0.1, 0.15) is 31.7 Å². The fraction of sp³-hybridized carbons (Fsp3) is 0.615. The minimum Gasteiger partial charge on any atom is -0.396 e. The Morgan fingerprint density at radius 1 is 1.11 bits per heavy atom. The number of ether oxygens (including phenoxy) is 1. The lowest BCUT2D eigenvalue weighted by Crippen LogP contribution is -2.44. The Labute approximate surface area is 207 Å². The summed E-state index contributed by atoms with van der Waals surface area (Å²) >= 11 is 0. The van der Waals surface area contributed by atoms with Crippen molar-refractivity contribution in [3.8, 4) is 0 Å². The highest BCUT2D eigenvalue weighted by molar-refractivity contribution is 6.06. The van der Waals surface area contributed by atoms with E-state index in [0.717, 1.165) is 62.0 Å². The fourth-order valence-electron chi connectivity index (χ4n) is 4.74. The number of aryl methyl sites for hydroxylation is 1. The Kier molecular flexibility index (Phi) is 8.23. The first-order valence-corrected chi connectivity index (χ1v) is 12.6. The van der Waals surface area contributed by atoms with E-state index in [4.69, 9.17) is 15.5 Å². The molecule has 0 bridgehead atoms. The van der Waals surface area contributed by atoms with E-state index >= 15 is 0 Å². The van der Waals surface area contributed by atoms with Gasteiger partial charge in [0.25, 0.3) is 0 Å². The zero-order valence-corrected chi connectivity index (χ0v) is 21.3. The van der Waals surface area contributed by atoms with Crippen LogP contribution in [0.5, 0.6) is 0 Å². The van der Waals surface area contributed by atoms with Crippen molar-refractivity contribution in [3.63, 3.8) is 0 Å².